The molecule has 0 saturated carbocycles. The van der Waals surface area contributed by atoms with Gasteiger partial charge in [-0.15, -0.1) is 0 Å². The maximum Gasteiger partial charge on any atom is 0.390 e. The standard InChI is InChI=1S/C12H16F3N/c1-2-5-10-6-3-4-7-11(10)16-9-8-12(13,14)15/h3-4,6-7,16H,2,5,8-9H2,1H3. The van der Waals surface area contributed by atoms with E-state index < -0.39 is 12.6 Å². The molecule has 0 spiro atoms. The molecule has 16 heavy (non-hydrogen) atoms. The van der Waals surface area contributed by atoms with Crippen LogP contribution >= 0.6 is 0 Å². The van der Waals surface area contributed by atoms with E-state index >= 15 is 0 Å². The lowest BCUT2D eigenvalue weighted by molar-refractivity contribution is -0.131. The number of hydrogen-bond acceptors (Lipinski definition) is 1. The molecule has 0 saturated heterocycles. The summed E-state index contributed by atoms with van der Waals surface area (Å²) in [5, 5.41) is 2.83. The van der Waals surface area contributed by atoms with Crippen molar-refractivity contribution in [3.8, 4) is 0 Å². The Morgan fingerprint density at radius 2 is 1.88 bits per heavy atom. The Bertz CT molecular complexity index is 320. The Morgan fingerprint density at radius 1 is 1.19 bits per heavy atom. The van der Waals surface area contributed by atoms with Gasteiger partial charge in [-0.1, -0.05) is 31.5 Å². The van der Waals surface area contributed by atoms with Crippen LogP contribution in [0, 0.1) is 0 Å². The molecule has 0 aliphatic heterocycles. The SMILES string of the molecule is CCCc1ccccc1NCCC(F)(F)F. The second-order valence-electron chi connectivity index (χ2n) is 3.70. The third kappa shape index (κ3) is 4.55. The highest BCUT2D eigenvalue weighted by molar-refractivity contribution is 5.51. The minimum atomic E-state index is -4.09. The Balaban J connectivity index is 2.52. The zero-order chi connectivity index (χ0) is 12.0. The number of anilines is 1. The van der Waals surface area contributed by atoms with E-state index in [1.54, 1.807) is 0 Å². The lowest BCUT2D eigenvalue weighted by Crippen LogP contribution is -2.15. The van der Waals surface area contributed by atoms with Gasteiger partial charge in [0.15, 0.2) is 0 Å². The van der Waals surface area contributed by atoms with Gasteiger partial charge < -0.3 is 5.32 Å². The van der Waals surface area contributed by atoms with Crippen LogP contribution in [-0.4, -0.2) is 12.7 Å². The van der Waals surface area contributed by atoms with Gasteiger partial charge in [0.1, 0.15) is 0 Å². The first-order valence-electron chi connectivity index (χ1n) is 5.41. The molecule has 0 amide bonds. The molecule has 90 valence electrons. The molecule has 0 radical (unpaired) electrons. The third-order valence-corrected chi connectivity index (χ3v) is 2.26. The maximum atomic E-state index is 12.0. The van der Waals surface area contributed by atoms with Crippen LogP contribution in [0.3, 0.4) is 0 Å². The van der Waals surface area contributed by atoms with E-state index in [-0.39, 0.29) is 6.54 Å². The van der Waals surface area contributed by atoms with Gasteiger partial charge in [-0.2, -0.15) is 13.2 Å². The highest BCUT2D eigenvalue weighted by Crippen LogP contribution is 2.21. The van der Waals surface area contributed by atoms with Crippen molar-refractivity contribution < 1.29 is 13.2 Å². The molecule has 0 fully saturated rings. The molecule has 1 aromatic rings. The zero-order valence-electron chi connectivity index (χ0n) is 9.27. The number of aryl methyl sites for hydroxylation is 1. The van der Waals surface area contributed by atoms with E-state index in [4.69, 9.17) is 0 Å². The number of hydrogen-bond donors (Lipinski definition) is 1. The largest absolute Gasteiger partial charge is 0.390 e. The molecule has 1 rings (SSSR count). The quantitative estimate of drug-likeness (QED) is 0.807. The summed E-state index contributed by atoms with van der Waals surface area (Å²) in [6, 6.07) is 7.50. The first-order chi connectivity index (χ1) is 7.53. The van der Waals surface area contributed by atoms with E-state index in [2.05, 4.69) is 5.32 Å². The van der Waals surface area contributed by atoms with Crippen molar-refractivity contribution in [3.63, 3.8) is 0 Å². The van der Waals surface area contributed by atoms with Crippen molar-refractivity contribution in [2.45, 2.75) is 32.4 Å². The summed E-state index contributed by atoms with van der Waals surface area (Å²) in [5.74, 6) is 0. The van der Waals surface area contributed by atoms with E-state index in [0.29, 0.717) is 0 Å². The van der Waals surface area contributed by atoms with Crippen molar-refractivity contribution in [2.24, 2.45) is 0 Å². The molecular weight excluding hydrogens is 215 g/mol. The summed E-state index contributed by atoms with van der Waals surface area (Å²) in [4.78, 5) is 0. The molecule has 0 unspecified atom stereocenters. The number of halogens is 3. The highest BCUT2D eigenvalue weighted by atomic mass is 19.4. The molecule has 1 nitrogen and oxygen atoms in total. The van der Waals surface area contributed by atoms with Crippen molar-refractivity contribution in [3.05, 3.63) is 29.8 Å². The van der Waals surface area contributed by atoms with Crippen LogP contribution in [0.25, 0.3) is 0 Å². The van der Waals surface area contributed by atoms with Gasteiger partial charge in [-0.3, -0.25) is 0 Å². The molecule has 0 aliphatic rings. The predicted molar refractivity (Wildman–Crippen MR) is 59.6 cm³/mol. The second-order valence-corrected chi connectivity index (χ2v) is 3.70. The van der Waals surface area contributed by atoms with Gasteiger partial charge in [-0.05, 0) is 18.1 Å². The summed E-state index contributed by atoms with van der Waals surface area (Å²) in [6.07, 6.45) is -3.02. The number of rotatable bonds is 5. The van der Waals surface area contributed by atoms with Gasteiger partial charge in [-0.25, -0.2) is 0 Å². The number of alkyl halides is 3. The zero-order valence-corrected chi connectivity index (χ0v) is 9.27. The van der Waals surface area contributed by atoms with Crippen LogP contribution in [0.5, 0.6) is 0 Å². The van der Waals surface area contributed by atoms with Crippen molar-refractivity contribution >= 4 is 5.69 Å². The Kier molecular flexibility index (Phi) is 4.65. The maximum absolute atomic E-state index is 12.0. The Morgan fingerprint density at radius 3 is 2.50 bits per heavy atom. The first kappa shape index (κ1) is 12.9. The molecule has 4 heteroatoms. The Hall–Kier alpha value is -1.19. The number of nitrogens with one attached hydrogen (secondary N) is 1. The number of para-hydroxylation sites is 1. The average molecular weight is 231 g/mol. The molecular formula is C12H16F3N. The Labute approximate surface area is 93.7 Å². The fourth-order valence-electron chi connectivity index (χ4n) is 1.52. The molecule has 0 heterocycles. The molecule has 0 aliphatic carbocycles. The van der Waals surface area contributed by atoms with Crippen LogP contribution in [0.15, 0.2) is 24.3 Å². The van der Waals surface area contributed by atoms with Gasteiger partial charge in [0.25, 0.3) is 0 Å². The second kappa shape index (κ2) is 5.77. The van der Waals surface area contributed by atoms with Crippen LogP contribution in [0.1, 0.15) is 25.3 Å². The summed E-state index contributed by atoms with van der Waals surface area (Å²) in [6.45, 7) is 1.98. The molecule has 0 bridgehead atoms. The van der Waals surface area contributed by atoms with Crippen LogP contribution in [0.4, 0.5) is 18.9 Å². The smallest absolute Gasteiger partial charge is 0.384 e. The number of benzene rings is 1. The first-order valence-corrected chi connectivity index (χ1v) is 5.41. The molecule has 1 aromatic carbocycles. The fourth-order valence-corrected chi connectivity index (χ4v) is 1.52. The minimum absolute atomic E-state index is 0.0653. The summed E-state index contributed by atoms with van der Waals surface area (Å²) in [7, 11) is 0. The van der Waals surface area contributed by atoms with Gasteiger partial charge in [0.05, 0.1) is 6.42 Å². The van der Waals surface area contributed by atoms with Crippen molar-refractivity contribution in [1.29, 1.82) is 0 Å². The topological polar surface area (TPSA) is 12.0 Å². The summed E-state index contributed by atoms with van der Waals surface area (Å²) < 4.78 is 35.9. The molecule has 0 aromatic heterocycles. The van der Waals surface area contributed by atoms with E-state index in [9.17, 15) is 13.2 Å². The van der Waals surface area contributed by atoms with E-state index in [1.807, 2.05) is 31.2 Å². The fraction of sp³-hybridized carbons (Fsp3) is 0.500. The predicted octanol–water partition coefficient (Wildman–Crippen LogP) is 4.00. The van der Waals surface area contributed by atoms with E-state index in [0.717, 1.165) is 24.1 Å². The minimum Gasteiger partial charge on any atom is -0.384 e. The van der Waals surface area contributed by atoms with E-state index in [1.165, 1.54) is 0 Å². The summed E-state index contributed by atoms with van der Waals surface area (Å²) >= 11 is 0. The lowest BCUT2D eigenvalue weighted by atomic mass is 10.1. The van der Waals surface area contributed by atoms with Crippen molar-refractivity contribution in [1.82, 2.24) is 0 Å². The third-order valence-electron chi connectivity index (χ3n) is 2.26. The average Bonchev–Trinajstić information content (AvgIpc) is 2.19. The highest BCUT2D eigenvalue weighted by Gasteiger charge is 2.26. The summed E-state index contributed by atoms with van der Waals surface area (Å²) in [5.41, 5.74) is 1.89. The normalized spacial score (nSPS) is 11.5. The monoisotopic (exact) mass is 231 g/mol. The van der Waals surface area contributed by atoms with Crippen LogP contribution < -0.4 is 5.32 Å². The van der Waals surface area contributed by atoms with Crippen LogP contribution in [0.2, 0.25) is 0 Å². The van der Waals surface area contributed by atoms with Gasteiger partial charge in [0.2, 0.25) is 0 Å². The molecule has 1 N–H and O–H groups in total. The lowest BCUT2D eigenvalue weighted by Gasteiger charge is -2.12. The van der Waals surface area contributed by atoms with Gasteiger partial charge >= 0.3 is 6.18 Å². The van der Waals surface area contributed by atoms with Gasteiger partial charge in [0, 0.05) is 12.2 Å². The van der Waals surface area contributed by atoms with Crippen molar-refractivity contribution in [2.75, 3.05) is 11.9 Å². The van der Waals surface area contributed by atoms with Crippen LogP contribution in [-0.2, 0) is 6.42 Å². The molecule has 0 atom stereocenters.